The van der Waals surface area contributed by atoms with Crippen molar-refractivity contribution < 1.29 is 90.2 Å². The minimum absolute atomic E-state index is 0.0455. The zero-order chi connectivity index (χ0) is 67.4. The van der Waals surface area contributed by atoms with Gasteiger partial charge in [-0.15, -0.1) is 13.2 Å². The van der Waals surface area contributed by atoms with Crippen molar-refractivity contribution in [1.82, 2.24) is 0 Å². The van der Waals surface area contributed by atoms with Gasteiger partial charge in [0.15, 0.2) is 0 Å². The maximum Gasteiger partial charge on any atom is 0.330 e. The van der Waals surface area contributed by atoms with Gasteiger partial charge in [0.25, 0.3) is 0 Å². The Morgan fingerprint density at radius 3 is 1.22 bits per heavy atom. The molecule has 19 nitrogen and oxygen atoms in total. The number of carbonyl (C=O) groups excluding carboxylic acids is 3. The topological polar surface area (TPSA) is 199 Å². The van der Waals surface area contributed by atoms with E-state index in [1.54, 1.807) is 35.5 Å². The Balaban J connectivity index is -0.000000995. The van der Waals surface area contributed by atoms with E-state index in [0.29, 0.717) is 84.3 Å². The quantitative estimate of drug-likeness (QED) is 0.0183. The summed E-state index contributed by atoms with van der Waals surface area (Å²) < 4.78 is 81.7. The van der Waals surface area contributed by atoms with Gasteiger partial charge in [-0.05, 0) is 84.0 Å². The Bertz CT molecular complexity index is 1580. The lowest BCUT2D eigenvalue weighted by Crippen LogP contribution is -2.46. The van der Waals surface area contributed by atoms with Crippen LogP contribution in [0.15, 0.2) is 38.0 Å². The van der Waals surface area contributed by atoms with E-state index < -0.39 is 0 Å². The van der Waals surface area contributed by atoms with Crippen molar-refractivity contribution in [1.29, 1.82) is 0 Å². The molecule has 4 saturated heterocycles. The van der Waals surface area contributed by atoms with E-state index in [9.17, 15) is 14.4 Å². The molecule has 0 radical (unpaired) electrons. The van der Waals surface area contributed by atoms with Crippen LogP contribution in [-0.4, -0.2) is 212 Å². The molecule has 19 heteroatoms. The minimum Gasteiger partial charge on any atom is -0.465 e. The van der Waals surface area contributed by atoms with Gasteiger partial charge in [0, 0.05) is 117 Å². The predicted octanol–water partition coefficient (Wildman–Crippen LogP) is 13.5. The molecule has 4 aliphatic heterocycles. The third-order valence-corrected chi connectivity index (χ3v) is 14.5. The first-order valence-electron chi connectivity index (χ1n) is 33.9. The van der Waals surface area contributed by atoms with Crippen molar-refractivity contribution >= 4 is 17.9 Å². The third kappa shape index (κ3) is 61.3. The number of carbonyl (C=O) groups is 3. The SMILES string of the molecule is C=CC(=O)OCCCCCCCCOC.C=CCCCCCCOC.C=CCCOC.CCCCCCC(=O)OCC1(CC)COC1.CCOCCCCCOCC1(C)COC1.COCCCC(=O)OCC1(C)COC1.COCCOCCOCC1(C)COC1. The van der Waals surface area contributed by atoms with E-state index in [-0.39, 0.29) is 34.2 Å². The van der Waals surface area contributed by atoms with Gasteiger partial charge in [-0.2, -0.15) is 0 Å². The van der Waals surface area contributed by atoms with E-state index in [2.05, 4.69) is 54.4 Å². The van der Waals surface area contributed by atoms with Gasteiger partial charge in [0.2, 0.25) is 0 Å². The van der Waals surface area contributed by atoms with Crippen molar-refractivity contribution in [3.05, 3.63) is 38.0 Å². The smallest absolute Gasteiger partial charge is 0.330 e. The first-order chi connectivity index (χ1) is 43.6. The highest BCUT2D eigenvalue weighted by molar-refractivity contribution is 5.81. The van der Waals surface area contributed by atoms with E-state index in [0.717, 1.165) is 163 Å². The van der Waals surface area contributed by atoms with Crippen LogP contribution < -0.4 is 0 Å². The molecule has 0 amide bonds. The van der Waals surface area contributed by atoms with Crippen LogP contribution in [0.1, 0.15) is 189 Å². The Hall–Kier alpha value is -2.89. The lowest BCUT2D eigenvalue weighted by molar-refractivity contribution is -0.170. The zero-order valence-corrected chi connectivity index (χ0v) is 59.3. The molecular weight excluding hydrogens is 1160 g/mol. The maximum absolute atomic E-state index is 11.4. The van der Waals surface area contributed by atoms with Gasteiger partial charge < -0.3 is 75.8 Å². The molecule has 4 rings (SSSR count). The Labute approximate surface area is 549 Å². The fraction of sp³-hybridized carbons (Fsp3) is 0.873. The summed E-state index contributed by atoms with van der Waals surface area (Å²) in [4.78, 5) is 33.3. The number of hydrogen-bond acceptors (Lipinski definition) is 19. The Kier molecular flexibility index (Phi) is 68.5. The van der Waals surface area contributed by atoms with Crippen LogP contribution in [0.25, 0.3) is 0 Å². The van der Waals surface area contributed by atoms with E-state index >= 15 is 0 Å². The first-order valence-corrected chi connectivity index (χ1v) is 33.9. The van der Waals surface area contributed by atoms with Crippen molar-refractivity contribution in [2.75, 3.05) is 194 Å². The number of methoxy groups -OCH3 is 5. The largest absolute Gasteiger partial charge is 0.465 e. The highest BCUT2D eigenvalue weighted by atomic mass is 16.6. The van der Waals surface area contributed by atoms with Crippen LogP contribution in [0.5, 0.6) is 0 Å². The average molecular weight is 1290 g/mol. The molecule has 4 heterocycles. The number of esters is 3. The molecule has 0 aromatic carbocycles. The van der Waals surface area contributed by atoms with Crippen LogP contribution in [0.3, 0.4) is 0 Å². The molecule has 4 aliphatic rings. The number of rotatable bonds is 51. The van der Waals surface area contributed by atoms with Crippen molar-refractivity contribution in [2.24, 2.45) is 21.7 Å². The summed E-state index contributed by atoms with van der Waals surface area (Å²) in [6, 6.07) is 0. The van der Waals surface area contributed by atoms with Gasteiger partial charge in [-0.1, -0.05) is 111 Å². The Morgan fingerprint density at radius 2 is 0.778 bits per heavy atom. The van der Waals surface area contributed by atoms with Gasteiger partial charge in [-0.25, -0.2) is 4.79 Å². The van der Waals surface area contributed by atoms with Crippen LogP contribution >= 0.6 is 0 Å². The van der Waals surface area contributed by atoms with Gasteiger partial charge in [0.05, 0.1) is 105 Å². The van der Waals surface area contributed by atoms with Crippen molar-refractivity contribution in [2.45, 2.75) is 189 Å². The van der Waals surface area contributed by atoms with Gasteiger partial charge in [0.1, 0.15) is 13.2 Å². The monoisotopic (exact) mass is 1290 g/mol. The van der Waals surface area contributed by atoms with Crippen LogP contribution in [0.2, 0.25) is 0 Å². The van der Waals surface area contributed by atoms with Gasteiger partial charge in [-0.3, -0.25) is 9.59 Å². The van der Waals surface area contributed by atoms with Crippen LogP contribution in [0, 0.1) is 21.7 Å². The summed E-state index contributed by atoms with van der Waals surface area (Å²) in [5, 5.41) is 0. The summed E-state index contributed by atoms with van der Waals surface area (Å²) in [5.41, 5.74) is 0.716. The fourth-order valence-electron chi connectivity index (χ4n) is 8.18. The summed E-state index contributed by atoms with van der Waals surface area (Å²) >= 11 is 0. The number of hydrogen-bond donors (Lipinski definition) is 0. The molecule has 0 bridgehead atoms. The molecule has 0 N–H and O–H groups in total. The second kappa shape index (κ2) is 67.5. The molecule has 534 valence electrons. The van der Waals surface area contributed by atoms with E-state index in [4.69, 9.17) is 75.8 Å². The summed E-state index contributed by atoms with van der Waals surface area (Å²) in [5.74, 6) is -0.513. The second-order valence-electron chi connectivity index (χ2n) is 24.5. The lowest BCUT2D eigenvalue weighted by Gasteiger charge is -2.39. The lowest BCUT2D eigenvalue weighted by atomic mass is 9.84. The minimum atomic E-state index is -0.324. The molecule has 0 spiro atoms. The van der Waals surface area contributed by atoms with Crippen LogP contribution in [0.4, 0.5) is 0 Å². The maximum atomic E-state index is 11.4. The molecule has 0 atom stereocenters. The third-order valence-electron chi connectivity index (χ3n) is 14.5. The Morgan fingerprint density at radius 1 is 0.378 bits per heavy atom. The number of ether oxygens (including phenoxy) is 16. The van der Waals surface area contributed by atoms with Crippen molar-refractivity contribution in [3.63, 3.8) is 0 Å². The summed E-state index contributed by atoms with van der Waals surface area (Å²) in [7, 11) is 8.45. The standard InChI is InChI=1S/C13H24O3.C12H24O3.C12H22O3.C10H20O4.C10H18O4.C9H18O.C5H10O/c1-3-5-6-7-8-12(14)16-11-13(4-2)9-15-10-13;1-3-13-7-5-4-6-8-14-9-12(2)10-15-11-12;1-3-12(13)15-11-9-7-5-4-6-8-10-14-2;1-10(8-14-9-10)7-13-6-5-12-4-3-11-2;1-10(6-13-7-10)8-14-9(11)4-3-5-12-2;1-3-4-5-6-7-8-9-10-2;1-3-4-5-6-2/h3-11H2,1-2H3;3-11H2,1-2H3;3H,1,4-11H2,2H3;3-9H2,1-2H3;3-8H2,1-2H3;3H,1,4-9H2,2H3;3H,1,4-5H2,2H3. The normalized spacial score (nSPS) is 15.5. The molecule has 90 heavy (non-hydrogen) atoms. The zero-order valence-electron chi connectivity index (χ0n) is 59.3. The summed E-state index contributed by atoms with van der Waals surface area (Å²) in [6.07, 6.45) is 29.9. The van der Waals surface area contributed by atoms with Crippen molar-refractivity contribution in [3.8, 4) is 0 Å². The highest BCUT2D eigenvalue weighted by Gasteiger charge is 2.38. The molecule has 0 aromatic heterocycles. The van der Waals surface area contributed by atoms with Crippen LogP contribution in [-0.2, 0) is 90.2 Å². The molecular formula is C71H136O19. The average Bonchev–Trinajstić information content (AvgIpc) is 1.87. The molecule has 0 saturated carbocycles. The molecule has 0 aromatic rings. The summed E-state index contributed by atoms with van der Waals surface area (Å²) in [6.45, 7) is 41.0. The molecule has 0 aliphatic carbocycles. The number of allylic oxidation sites excluding steroid dienone is 1. The number of unbranched alkanes of at least 4 members (excludes halogenated alkanes) is 14. The highest BCUT2D eigenvalue weighted by Crippen LogP contribution is 2.32. The van der Waals surface area contributed by atoms with Gasteiger partial charge >= 0.3 is 17.9 Å². The predicted molar refractivity (Wildman–Crippen MR) is 359 cm³/mol. The second-order valence-corrected chi connectivity index (χ2v) is 24.5. The fourth-order valence-corrected chi connectivity index (χ4v) is 8.18. The first kappa shape index (κ1) is 91.3. The van der Waals surface area contributed by atoms with E-state index in [1.807, 2.05) is 19.1 Å². The van der Waals surface area contributed by atoms with E-state index in [1.165, 1.54) is 70.3 Å². The molecule has 0 unspecified atom stereocenters. The molecule has 4 fully saturated rings.